The average Bonchev–Trinajstić information content (AvgIpc) is 3.36. The van der Waals surface area contributed by atoms with Gasteiger partial charge in [0, 0.05) is 25.6 Å². The third-order valence-electron chi connectivity index (χ3n) is 5.20. The molecule has 0 spiro atoms. The summed E-state index contributed by atoms with van der Waals surface area (Å²) in [5.41, 5.74) is 2.21. The highest BCUT2D eigenvalue weighted by atomic mass is 19.4. The van der Waals surface area contributed by atoms with Crippen LogP contribution in [0.1, 0.15) is 50.2 Å². The minimum atomic E-state index is -4.44. The number of carbonyl (C=O) groups is 2. The molecule has 4 nitrogen and oxygen atoms in total. The zero-order valence-electron chi connectivity index (χ0n) is 15.6. The Morgan fingerprint density at radius 2 is 1.85 bits per heavy atom. The minimum absolute atomic E-state index is 0.133. The fraction of sp³-hybridized carbons (Fsp3) is 0.600. The Morgan fingerprint density at radius 1 is 1.22 bits per heavy atom. The Morgan fingerprint density at radius 3 is 2.37 bits per heavy atom. The molecule has 0 N–H and O–H groups in total. The molecule has 1 atom stereocenters. The van der Waals surface area contributed by atoms with Crippen LogP contribution in [-0.4, -0.2) is 46.9 Å². The molecule has 1 aromatic rings. The van der Waals surface area contributed by atoms with E-state index in [9.17, 15) is 22.8 Å². The standard InChI is InChI=1S/C20H25F3N2O2/c1-13(2)15-5-3-14(4-6-15)10-25(17-7-8-17)19(27)16-9-18(26)24(11-16)12-20(21,22)23/h3-6,13,16-17H,7-12H2,1-2H3. The lowest BCUT2D eigenvalue weighted by Crippen LogP contribution is -2.40. The summed E-state index contributed by atoms with van der Waals surface area (Å²) >= 11 is 0. The van der Waals surface area contributed by atoms with Gasteiger partial charge in [-0.3, -0.25) is 9.59 Å². The zero-order chi connectivity index (χ0) is 19.8. The number of benzene rings is 1. The van der Waals surface area contributed by atoms with Gasteiger partial charge in [-0.2, -0.15) is 13.2 Å². The van der Waals surface area contributed by atoms with Gasteiger partial charge >= 0.3 is 6.18 Å². The van der Waals surface area contributed by atoms with Gasteiger partial charge in [0.2, 0.25) is 11.8 Å². The van der Waals surface area contributed by atoms with Crippen molar-refractivity contribution in [3.05, 3.63) is 35.4 Å². The maximum absolute atomic E-state index is 12.9. The molecule has 2 amide bonds. The second kappa shape index (κ2) is 7.52. The summed E-state index contributed by atoms with van der Waals surface area (Å²) in [4.78, 5) is 27.3. The fourth-order valence-corrected chi connectivity index (χ4v) is 3.52. The Kier molecular flexibility index (Phi) is 5.49. The molecule has 2 fully saturated rings. The molecule has 7 heteroatoms. The largest absolute Gasteiger partial charge is 0.406 e. The van der Waals surface area contributed by atoms with Crippen molar-refractivity contribution in [2.75, 3.05) is 13.1 Å². The van der Waals surface area contributed by atoms with Gasteiger partial charge in [0.25, 0.3) is 0 Å². The van der Waals surface area contributed by atoms with Crippen molar-refractivity contribution in [3.63, 3.8) is 0 Å². The Hall–Kier alpha value is -2.05. The number of likely N-dealkylation sites (tertiary alicyclic amines) is 1. The van der Waals surface area contributed by atoms with Crippen LogP contribution in [0.4, 0.5) is 13.2 Å². The lowest BCUT2D eigenvalue weighted by molar-refractivity contribution is -0.157. The highest BCUT2D eigenvalue weighted by Crippen LogP contribution is 2.32. The fourth-order valence-electron chi connectivity index (χ4n) is 3.52. The molecule has 0 radical (unpaired) electrons. The molecule has 1 aliphatic heterocycles. The van der Waals surface area contributed by atoms with Gasteiger partial charge in [-0.25, -0.2) is 0 Å². The van der Waals surface area contributed by atoms with Crippen molar-refractivity contribution in [2.24, 2.45) is 5.92 Å². The predicted molar refractivity (Wildman–Crippen MR) is 94.8 cm³/mol. The van der Waals surface area contributed by atoms with Crippen LogP contribution < -0.4 is 0 Å². The molecule has 1 unspecified atom stereocenters. The van der Waals surface area contributed by atoms with E-state index >= 15 is 0 Å². The number of rotatable bonds is 6. The Bertz CT molecular complexity index is 696. The van der Waals surface area contributed by atoms with Crippen molar-refractivity contribution in [1.29, 1.82) is 0 Å². The van der Waals surface area contributed by atoms with Gasteiger partial charge < -0.3 is 9.80 Å². The van der Waals surface area contributed by atoms with Gasteiger partial charge in [-0.05, 0) is 29.9 Å². The molecular formula is C20H25F3N2O2. The molecule has 27 heavy (non-hydrogen) atoms. The highest BCUT2D eigenvalue weighted by molar-refractivity contribution is 5.89. The van der Waals surface area contributed by atoms with Crippen LogP contribution in [-0.2, 0) is 16.1 Å². The number of alkyl halides is 3. The third kappa shape index (κ3) is 5.02. The van der Waals surface area contributed by atoms with E-state index in [4.69, 9.17) is 0 Å². The minimum Gasteiger partial charge on any atom is -0.335 e. The molecule has 2 aliphatic rings. The summed E-state index contributed by atoms with van der Waals surface area (Å²) < 4.78 is 37.8. The molecular weight excluding hydrogens is 357 g/mol. The number of hydrogen-bond donors (Lipinski definition) is 0. The van der Waals surface area contributed by atoms with E-state index in [-0.39, 0.29) is 24.9 Å². The van der Waals surface area contributed by atoms with Gasteiger partial charge in [0.05, 0.1) is 5.92 Å². The van der Waals surface area contributed by atoms with Gasteiger partial charge in [0.1, 0.15) is 6.54 Å². The van der Waals surface area contributed by atoms with E-state index < -0.39 is 24.5 Å². The van der Waals surface area contributed by atoms with Gasteiger partial charge in [-0.15, -0.1) is 0 Å². The Labute approximate surface area is 157 Å². The van der Waals surface area contributed by atoms with Crippen LogP contribution in [0, 0.1) is 5.92 Å². The maximum Gasteiger partial charge on any atom is 0.406 e. The summed E-state index contributed by atoms with van der Waals surface area (Å²) in [6.45, 7) is 3.23. The summed E-state index contributed by atoms with van der Waals surface area (Å²) in [6, 6.07) is 8.20. The molecule has 1 aliphatic carbocycles. The van der Waals surface area contributed by atoms with Crippen LogP contribution in [0.2, 0.25) is 0 Å². The molecule has 3 rings (SSSR count). The summed E-state index contributed by atoms with van der Waals surface area (Å²) in [6.07, 6.45) is -2.77. The zero-order valence-corrected chi connectivity index (χ0v) is 15.6. The first kappa shape index (κ1) is 19.7. The van der Waals surface area contributed by atoms with Crippen LogP contribution >= 0.6 is 0 Å². The van der Waals surface area contributed by atoms with E-state index in [1.54, 1.807) is 4.90 Å². The van der Waals surface area contributed by atoms with E-state index in [1.165, 1.54) is 5.56 Å². The van der Waals surface area contributed by atoms with Crippen molar-refractivity contribution < 1.29 is 22.8 Å². The molecule has 0 bridgehead atoms. The topological polar surface area (TPSA) is 40.6 Å². The predicted octanol–water partition coefficient (Wildman–Crippen LogP) is 3.71. The first-order chi connectivity index (χ1) is 12.6. The van der Waals surface area contributed by atoms with Crippen molar-refractivity contribution >= 4 is 11.8 Å². The van der Waals surface area contributed by atoms with E-state index in [1.807, 2.05) is 24.3 Å². The smallest absolute Gasteiger partial charge is 0.335 e. The van der Waals surface area contributed by atoms with Crippen LogP contribution in [0.15, 0.2) is 24.3 Å². The Balaban J connectivity index is 1.66. The molecule has 1 saturated heterocycles. The first-order valence-corrected chi connectivity index (χ1v) is 9.38. The van der Waals surface area contributed by atoms with E-state index in [0.29, 0.717) is 12.5 Å². The number of amides is 2. The molecule has 148 valence electrons. The maximum atomic E-state index is 12.9. The number of carbonyl (C=O) groups excluding carboxylic acids is 2. The van der Waals surface area contributed by atoms with E-state index in [2.05, 4.69) is 13.8 Å². The lowest BCUT2D eigenvalue weighted by atomic mass is 10.0. The number of hydrogen-bond acceptors (Lipinski definition) is 2. The summed E-state index contributed by atoms with van der Waals surface area (Å²) in [7, 11) is 0. The first-order valence-electron chi connectivity index (χ1n) is 9.38. The van der Waals surface area contributed by atoms with Crippen molar-refractivity contribution in [3.8, 4) is 0 Å². The van der Waals surface area contributed by atoms with Crippen molar-refractivity contribution in [2.45, 2.75) is 57.8 Å². The third-order valence-corrected chi connectivity index (χ3v) is 5.20. The highest BCUT2D eigenvalue weighted by Gasteiger charge is 2.43. The molecule has 1 aromatic carbocycles. The second-order valence-corrected chi connectivity index (χ2v) is 7.88. The van der Waals surface area contributed by atoms with Gasteiger partial charge in [-0.1, -0.05) is 38.1 Å². The monoisotopic (exact) mass is 382 g/mol. The van der Waals surface area contributed by atoms with Crippen LogP contribution in [0.5, 0.6) is 0 Å². The van der Waals surface area contributed by atoms with Crippen molar-refractivity contribution in [1.82, 2.24) is 9.80 Å². The number of halogens is 3. The summed E-state index contributed by atoms with van der Waals surface area (Å²) in [5.74, 6) is -1.06. The van der Waals surface area contributed by atoms with Crippen LogP contribution in [0.25, 0.3) is 0 Å². The quantitative estimate of drug-likeness (QED) is 0.753. The molecule has 0 aromatic heterocycles. The summed E-state index contributed by atoms with van der Waals surface area (Å²) in [5, 5.41) is 0. The SMILES string of the molecule is CC(C)c1ccc(CN(C(=O)C2CC(=O)N(CC(F)(F)F)C2)C2CC2)cc1. The van der Waals surface area contributed by atoms with Crippen LogP contribution in [0.3, 0.4) is 0 Å². The normalized spacial score (nSPS) is 20.4. The molecule has 1 heterocycles. The van der Waals surface area contributed by atoms with Gasteiger partial charge in [0.15, 0.2) is 0 Å². The average molecular weight is 382 g/mol. The lowest BCUT2D eigenvalue weighted by Gasteiger charge is -2.26. The van der Waals surface area contributed by atoms with E-state index in [0.717, 1.165) is 23.3 Å². The number of nitrogens with zero attached hydrogens (tertiary/aromatic N) is 2. The molecule has 1 saturated carbocycles. The second-order valence-electron chi connectivity index (χ2n) is 7.88.